The lowest BCUT2D eigenvalue weighted by molar-refractivity contribution is -0.114. The van der Waals surface area contributed by atoms with E-state index in [9.17, 15) is 22.0 Å². The van der Waals surface area contributed by atoms with Crippen LogP contribution in [0, 0.1) is 11.6 Å². The summed E-state index contributed by atoms with van der Waals surface area (Å²) in [6.45, 7) is 1.27. The molecule has 0 heterocycles. The van der Waals surface area contributed by atoms with Gasteiger partial charge in [-0.1, -0.05) is 18.2 Å². The number of amides is 1. The normalized spacial score (nSPS) is 11.2. The van der Waals surface area contributed by atoms with Crippen molar-refractivity contribution in [3.05, 3.63) is 78.4 Å². The third-order valence-electron chi connectivity index (χ3n) is 4.60. The number of carbonyl (C=O) groups is 1. The molecule has 0 saturated heterocycles. The number of nitrogens with zero attached hydrogens (tertiary/aromatic N) is 1. The van der Waals surface area contributed by atoms with Gasteiger partial charge in [-0.2, -0.15) is 0 Å². The summed E-state index contributed by atoms with van der Waals surface area (Å²) in [5.41, 5.74) is -0.528. The van der Waals surface area contributed by atoms with Crippen LogP contribution in [-0.2, 0) is 14.8 Å². The summed E-state index contributed by atoms with van der Waals surface area (Å²) < 4.78 is 61.5. The zero-order valence-corrected chi connectivity index (χ0v) is 19.6. The number of hydrogen-bond donors (Lipinski definition) is 1. The Morgan fingerprint density at radius 1 is 1.00 bits per heavy atom. The minimum atomic E-state index is -4.23. The summed E-state index contributed by atoms with van der Waals surface area (Å²) >= 11 is 1.45. The predicted octanol–water partition coefficient (Wildman–Crippen LogP) is 4.92. The van der Waals surface area contributed by atoms with Crippen molar-refractivity contribution in [2.24, 2.45) is 0 Å². The highest BCUT2D eigenvalue weighted by atomic mass is 32.2. The van der Waals surface area contributed by atoms with Crippen LogP contribution in [0.15, 0.2) is 76.5 Å². The van der Waals surface area contributed by atoms with Crippen molar-refractivity contribution in [1.82, 2.24) is 0 Å². The second-order valence-electron chi connectivity index (χ2n) is 6.73. The van der Waals surface area contributed by atoms with Crippen molar-refractivity contribution in [3.8, 4) is 5.75 Å². The molecule has 174 valence electrons. The van der Waals surface area contributed by atoms with Crippen LogP contribution >= 0.6 is 11.8 Å². The summed E-state index contributed by atoms with van der Waals surface area (Å²) in [5, 5.41) is 2.13. The number of carbonyl (C=O) groups excluding carboxylic acids is 1. The van der Waals surface area contributed by atoms with Crippen molar-refractivity contribution in [2.45, 2.75) is 16.7 Å². The predicted molar refractivity (Wildman–Crippen MR) is 125 cm³/mol. The molecule has 3 aromatic rings. The van der Waals surface area contributed by atoms with Crippen molar-refractivity contribution in [3.63, 3.8) is 0 Å². The van der Waals surface area contributed by atoms with Gasteiger partial charge >= 0.3 is 0 Å². The van der Waals surface area contributed by atoms with Gasteiger partial charge in [0.2, 0.25) is 5.91 Å². The zero-order valence-electron chi connectivity index (χ0n) is 17.9. The zero-order chi connectivity index (χ0) is 24.0. The Labute approximate surface area is 195 Å². The smallest absolute Gasteiger partial charge is 0.264 e. The third kappa shape index (κ3) is 5.63. The maximum atomic E-state index is 14.0. The van der Waals surface area contributed by atoms with E-state index in [1.165, 1.54) is 30.0 Å². The van der Waals surface area contributed by atoms with E-state index in [0.29, 0.717) is 0 Å². The molecule has 33 heavy (non-hydrogen) atoms. The van der Waals surface area contributed by atoms with Crippen LogP contribution in [0.3, 0.4) is 0 Å². The lowest BCUT2D eigenvalue weighted by atomic mass is 10.2. The maximum Gasteiger partial charge on any atom is 0.264 e. The number of ether oxygens (including phenoxy) is 1. The van der Waals surface area contributed by atoms with Gasteiger partial charge in [0, 0.05) is 4.90 Å². The van der Waals surface area contributed by atoms with Crippen LogP contribution in [0.5, 0.6) is 5.75 Å². The quantitative estimate of drug-likeness (QED) is 0.429. The fraction of sp³-hybridized carbons (Fsp3) is 0.174. The number of sulfonamides is 1. The number of benzene rings is 3. The molecule has 0 aliphatic rings. The van der Waals surface area contributed by atoms with Crippen LogP contribution in [0.1, 0.15) is 6.92 Å². The third-order valence-corrected chi connectivity index (χ3v) is 7.11. The van der Waals surface area contributed by atoms with Crippen LogP contribution in [0.4, 0.5) is 20.2 Å². The van der Waals surface area contributed by atoms with Gasteiger partial charge in [-0.15, -0.1) is 11.8 Å². The molecule has 3 rings (SSSR count). The second kappa shape index (κ2) is 10.7. The maximum absolute atomic E-state index is 14.0. The number of nitrogens with one attached hydrogen (secondary N) is 1. The molecule has 6 nitrogen and oxygen atoms in total. The highest BCUT2D eigenvalue weighted by molar-refractivity contribution is 7.98. The van der Waals surface area contributed by atoms with E-state index in [2.05, 4.69) is 5.32 Å². The number of halogens is 2. The summed E-state index contributed by atoms with van der Waals surface area (Å²) in [6, 6.07) is 15.7. The fourth-order valence-electron chi connectivity index (χ4n) is 3.04. The van der Waals surface area contributed by atoms with E-state index in [1.807, 2.05) is 6.26 Å². The SMILES string of the molecule is CCOc1ccccc1N(CC(=O)Nc1c(F)cccc1F)S(=O)(=O)c1ccc(SC)cc1. The molecule has 0 radical (unpaired) electrons. The van der Waals surface area contributed by atoms with Gasteiger partial charge in [-0.05, 0) is 61.7 Å². The first-order valence-corrected chi connectivity index (χ1v) is 12.6. The fourth-order valence-corrected chi connectivity index (χ4v) is 4.88. The van der Waals surface area contributed by atoms with E-state index in [4.69, 9.17) is 4.74 Å². The Bertz CT molecular complexity index is 1220. The molecule has 0 aromatic heterocycles. The van der Waals surface area contributed by atoms with E-state index in [1.54, 1.807) is 37.3 Å². The topological polar surface area (TPSA) is 75.7 Å². The number of hydrogen-bond acceptors (Lipinski definition) is 5. The monoisotopic (exact) mass is 492 g/mol. The van der Waals surface area contributed by atoms with Crippen molar-refractivity contribution >= 4 is 39.1 Å². The molecular formula is C23H22F2N2O4S2. The Balaban J connectivity index is 2.03. The van der Waals surface area contributed by atoms with Gasteiger partial charge < -0.3 is 10.1 Å². The van der Waals surface area contributed by atoms with E-state index < -0.39 is 39.8 Å². The number of anilines is 2. The molecule has 1 N–H and O–H groups in total. The molecule has 10 heteroatoms. The van der Waals surface area contributed by atoms with Crippen LogP contribution < -0.4 is 14.4 Å². The second-order valence-corrected chi connectivity index (χ2v) is 9.47. The van der Waals surface area contributed by atoms with Crippen molar-refractivity contribution in [1.29, 1.82) is 0 Å². The first-order chi connectivity index (χ1) is 15.8. The summed E-state index contributed by atoms with van der Waals surface area (Å²) in [7, 11) is -4.23. The summed E-state index contributed by atoms with van der Waals surface area (Å²) in [4.78, 5) is 13.6. The largest absolute Gasteiger partial charge is 0.492 e. The molecule has 0 spiro atoms. The Morgan fingerprint density at radius 3 is 2.24 bits per heavy atom. The number of para-hydroxylation sites is 3. The first-order valence-electron chi connectivity index (χ1n) is 9.90. The van der Waals surface area contributed by atoms with Crippen LogP contribution in [0.2, 0.25) is 0 Å². The van der Waals surface area contributed by atoms with Crippen molar-refractivity contribution < 1.29 is 26.7 Å². The van der Waals surface area contributed by atoms with Crippen LogP contribution in [0.25, 0.3) is 0 Å². The minimum Gasteiger partial charge on any atom is -0.492 e. The molecule has 1 amide bonds. The van der Waals surface area contributed by atoms with Gasteiger partial charge in [0.15, 0.2) is 0 Å². The first kappa shape index (κ1) is 24.5. The standard InChI is InChI=1S/C23H22F2N2O4S2/c1-3-31-21-10-5-4-9-20(21)27(33(29,30)17-13-11-16(32-2)12-14-17)15-22(28)26-23-18(24)7-6-8-19(23)25/h4-14H,3,15H2,1-2H3,(H,26,28). The Kier molecular flexibility index (Phi) is 7.93. The molecule has 0 saturated carbocycles. The lowest BCUT2D eigenvalue weighted by Crippen LogP contribution is -2.38. The van der Waals surface area contributed by atoms with Gasteiger partial charge in [-0.25, -0.2) is 17.2 Å². The van der Waals surface area contributed by atoms with E-state index >= 15 is 0 Å². The average molecular weight is 493 g/mol. The average Bonchev–Trinajstić information content (AvgIpc) is 2.81. The molecular weight excluding hydrogens is 470 g/mol. The summed E-state index contributed by atoms with van der Waals surface area (Å²) in [5.74, 6) is -2.62. The highest BCUT2D eigenvalue weighted by Gasteiger charge is 2.30. The van der Waals surface area contributed by atoms with Gasteiger partial charge in [0.05, 0.1) is 17.2 Å². The van der Waals surface area contributed by atoms with Gasteiger partial charge in [-0.3, -0.25) is 9.10 Å². The lowest BCUT2D eigenvalue weighted by Gasteiger charge is -2.26. The minimum absolute atomic E-state index is 0.0449. The molecule has 0 aliphatic carbocycles. The summed E-state index contributed by atoms with van der Waals surface area (Å²) in [6.07, 6.45) is 1.86. The van der Waals surface area contributed by atoms with Crippen molar-refractivity contribution in [2.75, 3.05) is 29.0 Å². The molecule has 0 atom stereocenters. The van der Waals surface area contributed by atoms with E-state index in [0.717, 1.165) is 27.4 Å². The van der Waals surface area contributed by atoms with Gasteiger partial charge in [0.1, 0.15) is 29.6 Å². The van der Waals surface area contributed by atoms with Crippen LogP contribution in [-0.4, -0.2) is 33.7 Å². The molecule has 0 fully saturated rings. The number of rotatable bonds is 9. The molecule has 0 aliphatic heterocycles. The highest BCUT2D eigenvalue weighted by Crippen LogP contribution is 2.33. The Hall–Kier alpha value is -3.11. The molecule has 3 aromatic carbocycles. The molecule has 0 bridgehead atoms. The van der Waals surface area contributed by atoms with Gasteiger partial charge in [0.25, 0.3) is 10.0 Å². The number of thioether (sulfide) groups is 1. The van der Waals surface area contributed by atoms with E-state index in [-0.39, 0.29) is 22.9 Å². The Morgan fingerprint density at radius 2 is 1.64 bits per heavy atom. The molecule has 0 unspecified atom stereocenters.